The molecule has 1 saturated heterocycles. The third-order valence-electron chi connectivity index (χ3n) is 3.31. The second kappa shape index (κ2) is 7.57. The molecule has 2 N–H and O–H groups in total. The second-order valence-corrected chi connectivity index (χ2v) is 6.90. The Kier molecular flexibility index (Phi) is 5.69. The highest BCUT2D eigenvalue weighted by Crippen LogP contribution is 2.10. The molecular weight excluding hydrogens is 357 g/mol. The molecule has 1 aliphatic heterocycles. The lowest BCUT2D eigenvalue weighted by molar-refractivity contribution is -0.151. The lowest BCUT2D eigenvalue weighted by atomic mass is 10.4. The number of halogens is 1. The van der Waals surface area contributed by atoms with Crippen molar-refractivity contribution in [2.45, 2.75) is 17.9 Å². The van der Waals surface area contributed by atoms with E-state index < -0.39 is 46.4 Å². The van der Waals surface area contributed by atoms with Crippen LogP contribution < -0.4 is 10.0 Å². The summed E-state index contributed by atoms with van der Waals surface area (Å²) in [6.45, 7) is 1.03. The van der Waals surface area contributed by atoms with E-state index in [1.54, 1.807) is 0 Å². The van der Waals surface area contributed by atoms with Gasteiger partial charge in [-0.15, -0.1) is 0 Å². The van der Waals surface area contributed by atoms with Crippen LogP contribution in [0.15, 0.2) is 29.2 Å². The van der Waals surface area contributed by atoms with Crippen LogP contribution in [0.5, 0.6) is 0 Å². The minimum Gasteiger partial charge on any atom is -0.454 e. The van der Waals surface area contributed by atoms with Crippen molar-refractivity contribution in [1.82, 2.24) is 14.9 Å². The molecule has 25 heavy (non-hydrogen) atoms. The maximum atomic E-state index is 12.8. The number of carbonyl (C=O) groups is 3. The van der Waals surface area contributed by atoms with Gasteiger partial charge in [-0.2, -0.15) is 4.72 Å². The highest BCUT2D eigenvalue weighted by Gasteiger charge is 2.28. The van der Waals surface area contributed by atoms with Gasteiger partial charge in [-0.25, -0.2) is 17.6 Å². The first kappa shape index (κ1) is 18.8. The molecule has 9 nitrogen and oxygen atoms in total. The van der Waals surface area contributed by atoms with Crippen LogP contribution in [0.4, 0.5) is 9.18 Å². The Labute approximate surface area is 143 Å². The van der Waals surface area contributed by atoms with Gasteiger partial charge >= 0.3 is 12.0 Å². The maximum Gasteiger partial charge on any atom is 0.324 e. The summed E-state index contributed by atoms with van der Waals surface area (Å²) in [5.41, 5.74) is 0. The van der Waals surface area contributed by atoms with Gasteiger partial charge < -0.3 is 10.1 Å². The number of sulfonamides is 1. The number of imide groups is 1. The molecule has 1 heterocycles. The van der Waals surface area contributed by atoms with Crippen LogP contribution in [0.1, 0.15) is 6.92 Å². The van der Waals surface area contributed by atoms with Crippen LogP contribution in [0.2, 0.25) is 0 Å². The van der Waals surface area contributed by atoms with Crippen molar-refractivity contribution in [2.75, 3.05) is 19.7 Å². The lowest BCUT2D eigenvalue weighted by Gasteiger charge is -2.15. The van der Waals surface area contributed by atoms with Crippen molar-refractivity contribution in [3.05, 3.63) is 30.1 Å². The number of rotatable bonds is 6. The molecular formula is C14H16FN3O6S. The predicted molar refractivity (Wildman–Crippen MR) is 82.3 cm³/mol. The fraction of sp³-hybridized carbons (Fsp3) is 0.357. The summed E-state index contributed by atoms with van der Waals surface area (Å²) < 4.78 is 43.8. The molecule has 1 aliphatic rings. The lowest BCUT2D eigenvalue weighted by Crippen LogP contribution is -2.42. The summed E-state index contributed by atoms with van der Waals surface area (Å²) in [5, 5.41) is 2.42. The van der Waals surface area contributed by atoms with Gasteiger partial charge in [0.15, 0.2) is 6.61 Å². The van der Waals surface area contributed by atoms with E-state index in [2.05, 4.69) is 10.0 Å². The molecule has 136 valence electrons. The molecule has 0 radical (unpaired) electrons. The normalized spacial score (nSPS) is 15.6. The minimum absolute atomic E-state index is 0.169. The first-order chi connectivity index (χ1) is 11.7. The van der Waals surface area contributed by atoms with Gasteiger partial charge in [0.1, 0.15) is 11.9 Å². The van der Waals surface area contributed by atoms with Gasteiger partial charge in [0.25, 0.3) is 5.91 Å². The molecule has 0 spiro atoms. The fourth-order valence-electron chi connectivity index (χ4n) is 2.01. The van der Waals surface area contributed by atoms with E-state index in [0.29, 0.717) is 6.54 Å². The van der Waals surface area contributed by atoms with Crippen LogP contribution in [0.3, 0.4) is 0 Å². The maximum absolute atomic E-state index is 12.8. The fourth-order valence-corrected chi connectivity index (χ4v) is 3.20. The van der Waals surface area contributed by atoms with E-state index in [-0.39, 0.29) is 11.4 Å². The topological polar surface area (TPSA) is 122 Å². The van der Waals surface area contributed by atoms with Crippen molar-refractivity contribution < 1.29 is 31.9 Å². The van der Waals surface area contributed by atoms with Crippen molar-refractivity contribution in [1.29, 1.82) is 0 Å². The summed E-state index contributed by atoms with van der Waals surface area (Å²) in [7, 11) is -4.06. The van der Waals surface area contributed by atoms with Crippen molar-refractivity contribution in [3.8, 4) is 0 Å². The summed E-state index contributed by atoms with van der Waals surface area (Å²) in [6.07, 6.45) is 0. The minimum atomic E-state index is -4.06. The molecule has 0 saturated carbocycles. The quantitative estimate of drug-likeness (QED) is 0.654. The van der Waals surface area contributed by atoms with E-state index in [4.69, 9.17) is 4.74 Å². The molecule has 1 atom stereocenters. The number of nitrogens with one attached hydrogen (secondary N) is 2. The van der Waals surface area contributed by atoms with Gasteiger partial charge in [0.2, 0.25) is 10.0 Å². The Morgan fingerprint density at radius 3 is 2.56 bits per heavy atom. The van der Waals surface area contributed by atoms with Gasteiger partial charge in [-0.3, -0.25) is 14.5 Å². The molecule has 11 heteroatoms. The first-order valence-electron chi connectivity index (χ1n) is 7.23. The van der Waals surface area contributed by atoms with Crippen LogP contribution in [-0.4, -0.2) is 57.0 Å². The van der Waals surface area contributed by atoms with Crippen LogP contribution in [-0.2, 0) is 24.3 Å². The number of amides is 3. The van der Waals surface area contributed by atoms with Crippen LogP contribution in [0.25, 0.3) is 0 Å². The highest BCUT2D eigenvalue weighted by molar-refractivity contribution is 7.89. The van der Waals surface area contributed by atoms with Gasteiger partial charge in [-0.05, 0) is 31.2 Å². The number of benzene rings is 1. The number of urea groups is 1. The molecule has 1 aromatic carbocycles. The molecule has 0 bridgehead atoms. The Hall–Kier alpha value is -2.53. The van der Waals surface area contributed by atoms with Gasteiger partial charge in [0.05, 0.1) is 4.90 Å². The molecule has 2 rings (SSSR count). The SMILES string of the molecule is C[C@H](NS(=O)(=O)c1ccc(F)cc1)C(=O)OCC(=O)N1CCNC1=O. The summed E-state index contributed by atoms with van der Waals surface area (Å²) >= 11 is 0. The third-order valence-corrected chi connectivity index (χ3v) is 4.86. The van der Waals surface area contributed by atoms with Crippen molar-refractivity contribution in [3.63, 3.8) is 0 Å². The predicted octanol–water partition coefficient (Wildman–Crippen LogP) is -0.412. The number of hydrogen-bond donors (Lipinski definition) is 2. The number of nitrogens with zero attached hydrogens (tertiary/aromatic N) is 1. The van der Waals surface area contributed by atoms with Gasteiger partial charge in [-0.1, -0.05) is 0 Å². The first-order valence-corrected chi connectivity index (χ1v) is 8.72. The van der Waals surface area contributed by atoms with E-state index in [9.17, 15) is 27.2 Å². The number of ether oxygens (including phenoxy) is 1. The summed E-state index contributed by atoms with van der Waals surface area (Å²) in [4.78, 5) is 35.5. The highest BCUT2D eigenvalue weighted by atomic mass is 32.2. The van der Waals surface area contributed by atoms with E-state index >= 15 is 0 Å². The third kappa shape index (κ3) is 4.73. The molecule has 1 fully saturated rings. The molecule has 3 amide bonds. The zero-order valence-corrected chi connectivity index (χ0v) is 14.0. The Morgan fingerprint density at radius 1 is 1.36 bits per heavy atom. The summed E-state index contributed by atoms with van der Waals surface area (Å²) in [6, 6.07) is 2.17. The average molecular weight is 373 g/mol. The molecule has 0 aromatic heterocycles. The Balaban J connectivity index is 1.90. The largest absolute Gasteiger partial charge is 0.454 e. The smallest absolute Gasteiger partial charge is 0.324 e. The standard InChI is InChI=1S/C14H16FN3O6S/c1-9(17-25(22,23)11-4-2-10(15)3-5-11)13(20)24-8-12(19)18-7-6-16-14(18)21/h2-5,9,17H,6-8H2,1H3,(H,16,21)/t9-/m0/s1. The molecule has 1 aromatic rings. The number of esters is 1. The van der Waals surface area contributed by atoms with Gasteiger partial charge in [0, 0.05) is 13.1 Å². The Morgan fingerprint density at radius 2 is 2.00 bits per heavy atom. The van der Waals surface area contributed by atoms with E-state index in [1.807, 2.05) is 0 Å². The zero-order chi connectivity index (χ0) is 18.6. The van der Waals surface area contributed by atoms with Crippen molar-refractivity contribution in [2.24, 2.45) is 0 Å². The zero-order valence-electron chi connectivity index (χ0n) is 13.2. The number of hydrogen-bond acceptors (Lipinski definition) is 6. The Bertz CT molecular complexity index is 780. The van der Waals surface area contributed by atoms with E-state index in [0.717, 1.165) is 29.2 Å². The average Bonchev–Trinajstić information content (AvgIpc) is 2.98. The number of carbonyl (C=O) groups excluding carboxylic acids is 3. The summed E-state index contributed by atoms with van der Waals surface area (Å²) in [5.74, 6) is -2.30. The second-order valence-electron chi connectivity index (χ2n) is 5.18. The monoisotopic (exact) mass is 373 g/mol. The molecule has 0 aliphatic carbocycles. The van der Waals surface area contributed by atoms with E-state index in [1.165, 1.54) is 6.92 Å². The van der Waals surface area contributed by atoms with Crippen LogP contribution in [0, 0.1) is 5.82 Å². The van der Waals surface area contributed by atoms with Crippen LogP contribution >= 0.6 is 0 Å². The molecule has 0 unspecified atom stereocenters. The van der Waals surface area contributed by atoms with Crippen molar-refractivity contribution >= 4 is 27.9 Å².